The van der Waals surface area contributed by atoms with Gasteiger partial charge in [0, 0.05) is 13.0 Å². The normalized spacial score (nSPS) is 18.1. The predicted molar refractivity (Wildman–Crippen MR) is 94.8 cm³/mol. The molecule has 6 heteroatoms. The van der Waals surface area contributed by atoms with Gasteiger partial charge in [-0.1, -0.05) is 48.5 Å². The van der Waals surface area contributed by atoms with Crippen LogP contribution in [0.25, 0.3) is 0 Å². The highest BCUT2D eigenvalue weighted by atomic mass is 32.2. The van der Waals surface area contributed by atoms with Gasteiger partial charge in [-0.2, -0.15) is 0 Å². The fraction of sp³-hybridized carbons (Fsp3) is 0.316. The number of carbonyl (C=O) groups is 1. The molecule has 1 aliphatic rings. The SMILES string of the molecule is O=C(CCS(=O)(=O)c1ccccc1)N1CCOC(c2ccccc2)C1. The van der Waals surface area contributed by atoms with Crippen LogP contribution in [0.5, 0.6) is 0 Å². The van der Waals surface area contributed by atoms with E-state index < -0.39 is 9.84 Å². The summed E-state index contributed by atoms with van der Waals surface area (Å²) in [7, 11) is -3.44. The minimum Gasteiger partial charge on any atom is -0.370 e. The maximum absolute atomic E-state index is 12.5. The second kappa shape index (κ2) is 7.80. The van der Waals surface area contributed by atoms with Gasteiger partial charge in [-0.25, -0.2) is 8.42 Å². The molecule has 0 N–H and O–H groups in total. The second-order valence-electron chi connectivity index (χ2n) is 5.99. The lowest BCUT2D eigenvalue weighted by Gasteiger charge is -2.33. The van der Waals surface area contributed by atoms with Crippen LogP contribution in [0.4, 0.5) is 0 Å². The molecule has 2 aromatic carbocycles. The molecule has 2 aromatic rings. The van der Waals surface area contributed by atoms with Gasteiger partial charge >= 0.3 is 0 Å². The standard InChI is InChI=1S/C19H21NO4S/c21-19(11-14-25(22,23)17-9-5-2-6-10-17)20-12-13-24-18(15-20)16-7-3-1-4-8-16/h1-10,18H,11-15H2. The molecule has 1 fully saturated rings. The van der Waals surface area contributed by atoms with Crippen molar-refractivity contribution in [3.63, 3.8) is 0 Å². The number of hydrogen-bond acceptors (Lipinski definition) is 4. The highest BCUT2D eigenvalue weighted by Crippen LogP contribution is 2.22. The van der Waals surface area contributed by atoms with Crippen molar-refractivity contribution in [3.05, 3.63) is 66.2 Å². The molecule has 5 nitrogen and oxygen atoms in total. The molecule has 1 atom stereocenters. The van der Waals surface area contributed by atoms with Gasteiger partial charge in [0.25, 0.3) is 0 Å². The van der Waals surface area contributed by atoms with Crippen LogP contribution >= 0.6 is 0 Å². The number of hydrogen-bond donors (Lipinski definition) is 0. The van der Waals surface area contributed by atoms with Crippen molar-refractivity contribution in [1.29, 1.82) is 0 Å². The topological polar surface area (TPSA) is 63.7 Å². The van der Waals surface area contributed by atoms with E-state index in [-0.39, 0.29) is 29.1 Å². The Morgan fingerprint density at radius 1 is 1.04 bits per heavy atom. The van der Waals surface area contributed by atoms with Crippen LogP contribution in [0.1, 0.15) is 18.1 Å². The minimum atomic E-state index is -3.44. The van der Waals surface area contributed by atoms with Gasteiger partial charge in [-0.05, 0) is 17.7 Å². The van der Waals surface area contributed by atoms with Gasteiger partial charge in [-0.15, -0.1) is 0 Å². The van der Waals surface area contributed by atoms with Crippen molar-refractivity contribution in [2.24, 2.45) is 0 Å². The van der Waals surface area contributed by atoms with Gasteiger partial charge < -0.3 is 9.64 Å². The van der Waals surface area contributed by atoms with Gasteiger partial charge in [0.15, 0.2) is 9.84 Å². The molecule has 0 aromatic heterocycles. The predicted octanol–water partition coefficient (Wildman–Crippen LogP) is 2.45. The van der Waals surface area contributed by atoms with Crippen LogP contribution in [-0.4, -0.2) is 44.7 Å². The first-order valence-electron chi connectivity index (χ1n) is 8.28. The molecule has 25 heavy (non-hydrogen) atoms. The fourth-order valence-corrected chi connectivity index (χ4v) is 4.12. The van der Waals surface area contributed by atoms with Crippen LogP contribution in [0.15, 0.2) is 65.6 Å². The van der Waals surface area contributed by atoms with E-state index in [0.717, 1.165) is 5.56 Å². The van der Waals surface area contributed by atoms with E-state index in [4.69, 9.17) is 4.74 Å². The summed E-state index contributed by atoms with van der Waals surface area (Å²) in [6.07, 6.45) is -0.178. The molecule has 1 amide bonds. The molecule has 132 valence electrons. The third kappa shape index (κ3) is 4.46. The highest BCUT2D eigenvalue weighted by molar-refractivity contribution is 7.91. The van der Waals surface area contributed by atoms with Crippen molar-refractivity contribution in [3.8, 4) is 0 Å². The summed E-state index contributed by atoms with van der Waals surface area (Å²) in [5.74, 6) is -0.327. The van der Waals surface area contributed by atoms with Crippen molar-refractivity contribution >= 4 is 15.7 Å². The number of morpholine rings is 1. The van der Waals surface area contributed by atoms with Crippen molar-refractivity contribution in [2.45, 2.75) is 17.4 Å². The molecular formula is C19H21NO4S. The fourth-order valence-electron chi connectivity index (χ4n) is 2.87. The second-order valence-corrected chi connectivity index (χ2v) is 8.10. The Labute approximate surface area is 148 Å². The van der Waals surface area contributed by atoms with Crippen LogP contribution in [0.2, 0.25) is 0 Å². The molecule has 0 bridgehead atoms. The average Bonchev–Trinajstić information content (AvgIpc) is 2.68. The van der Waals surface area contributed by atoms with Crippen LogP contribution in [-0.2, 0) is 19.4 Å². The maximum Gasteiger partial charge on any atom is 0.223 e. The minimum absolute atomic E-state index is 0.0151. The molecule has 0 radical (unpaired) electrons. The van der Waals surface area contributed by atoms with E-state index in [9.17, 15) is 13.2 Å². The quantitative estimate of drug-likeness (QED) is 0.823. The zero-order valence-corrected chi connectivity index (χ0v) is 14.7. The van der Waals surface area contributed by atoms with Gasteiger partial charge in [0.1, 0.15) is 6.10 Å². The first-order chi connectivity index (χ1) is 12.1. The summed E-state index contributed by atoms with van der Waals surface area (Å²) in [4.78, 5) is 14.4. The van der Waals surface area contributed by atoms with E-state index in [0.29, 0.717) is 19.7 Å². The van der Waals surface area contributed by atoms with Gasteiger partial charge in [0.05, 0.1) is 23.8 Å². The first kappa shape index (κ1) is 17.6. The summed E-state index contributed by atoms with van der Waals surface area (Å²) >= 11 is 0. The lowest BCUT2D eigenvalue weighted by Crippen LogP contribution is -2.42. The van der Waals surface area contributed by atoms with Crippen molar-refractivity contribution in [2.75, 3.05) is 25.4 Å². The van der Waals surface area contributed by atoms with Crippen LogP contribution in [0, 0.1) is 0 Å². The van der Waals surface area contributed by atoms with E-state index in [1.54, 1.807) is 35.2 Å². The lowest BCUT2D eigenvalue weighted by atomic mass is 10.1. The van der Waals surface area contributed by atoms with Gasteiger partial charge in [-0.3, -0.25) is 4.79 Å². The molecule has 1 unspecified atom stereocenters. The van der Waals surface area contributed by atoms with Gasteiger partial charge in [0.2, 0.25) is 5.91 Å². The average molecular weight is 359 g/mol. The summed E-state index contributed by atoms with van der Waals surface area (Å²) in [5, 5.41) is 0. The largest absolute Gasteiger partial charge is 0.370 e. The Morgan fingerprint density at radius 2 is 1.68 bits per heavy atom. The molecule has 3 rings (SSSR count). The number of nitrogens with zero attached hydrogens (tertiary/aromatic N) is 1. The number of ether oxygens (including phenoxy) is 1. The Morgan fingerprint density at radius 3 is 2.36 bits per heavy atom. The number of amides is 1. The first-order valence-corrected chi connectivity index (χ1v) is 9.93. The Balaban J connectivity index is 1.60. The van der Waals surface area contributed by atoms with Crippen molar-refractivity contribution in [1.82, 2.24) is 4.90 Å². The van der Waals surface area contributed by atoms with E-state index in [2.05, 4.69) is 0 Å². The molecule has 0 saturated carbocycles. The molecular weight excluding hydrogens is 338 g/mol. The third-order valence-electron chi connectivity index (χ3n) is 4.28. The monoisotopic (exact) mass is 359 g/mol. The number of sulfone groups is 1. The molecule has 0 aliphatic carbocycles. The zero-order valence-electron chi connectivity index (χ0n) is 13.9. The zero-order chi connectivity index (χ0) is 17.7. The van der Waals surface area contributed by atoms with E-state index >= 15 is 0 Å². The Bertz CT molecular complexity index is 806. The Kier molecular flexibility index (Phi) is 5.50. The number of benzene rings is 2. The summed E-state index contributed by atoms with van der Waals surface area (Å²) in [5.41, 5.74) is 1.02. The van der Waals surface area contributed by atoms with E-state index in [1.165, 1.54) is 0 Å². The molecule has 1 saturated heterocycles. The number of rotatable bonds is 5. The number of carbonyl (C=O) groups excluding carboxylic acids is 1. The van der Waals surface area contributed by atoms with E-state index in [1.807, 2.05) is 30.3 Å². The van der Waals surface area contributed by atoms with Crippen molar-refractivity contribution < 1.29 is 17.9 Å². The summed E-state index contributed by atoms with van der Waals surface area (Å²) in [6.45, 7) is 1.40. The summed E-state index contributed by atoms with van der Waals surface area (Å²) in [6, 6.07) is 18.0. The lowest BCUT2D eigenvalue weighted by molar-refractivity contribution is -0.138. The highest BCUT2D eigenvalue weighted by Gasteiger charge is 2.26. The molecule has 1 heterocycles. The smallest absolute Gasteiger partial charge is 0.223 e. The maximum atomic E-state index is 12.5. The summed E-state index contributed by atoms with van der Waals surface area (Å²) < 4.78 is 30.4. The Hall–Kier alpha value is -2.18. The third-order valence-corrected chi connectivity index (χ3v) is 6.01. The molecule has 0 spiro atoms. The molecule has 1 aliphatic heterocycles. The van der Waals surface area contributed by atoms with Crippen LogP contribution < -0.4 is 0 Å². The van der Waals surface area contributed by atoms with Crippen LogP contribution in [0.3, 0.4) is 0 Å².